The molecule has 2 amide bonds. The third kappa shape index (κ3) is 4.63. The number of anilines is 2. The molecule has 0 atom stereocenters. The summed E-state index contributed by atoms with van der Waals surface area (Å²) < 4.78 is 18.3. The molecule has 1 aromatic heterocycles. The number of aromatic nitrogens is 1. The first-order chi connectivity index (χ1) is 13.5. The average molecular weight is 400 g/mol. The number of amides is 2. The van der Waals surface area contributed by atoms with E-state index in [1.165, 1.54) is 30.5 Å². The molecule has 28 heavy (non-hydrogen) atoms. The van der Waals surface area contributed by atoms with Gasteiger partial charge in [0.1, 0.15) is 17.3 Å². The maximum atomic E-state index is 13.2. The molecule has 0 spiro atoms. The molecule has 0 saturated heterocycles. The van der Waals surface area contributed by atoms with Gasteiger partial charge in [-0.05, 0) is 54.6 Å². The summed E-state index contributed by atoms with van der Waals surface area (Å²) in [4.78, 5) is 28.8. The Hall–Kier alpha value is -3.45. The van der Waals surface area contributed by atoms with Crippen molar-refractivity contribution in [2.75, 3.05) is 17.7 Å². The van der Waals surface area contributed by atoms with Crippen molar-refractivity contribution in [3.05, 3.63) is 82.9 Å². The van der Waals surface area contributed by atoms with Crippen molar-refractivity contribution in [1.82, 2.24) is 4.98 Å². The Kier molecular flexibility index (Phi) is 5.86. The Labute approximate surface area is 165 Å². The minimum Gasteiger partial charge on any atom is -0.497 e. The number of nitrogens with one attached hydrogen (secondary N) is 2. The van der Waals surface area contributed by atoms with Crippen LogP contribution in [0, 0.1) is 5.82 Å². The lowest BCUT2D eigenvalue weighted by atomic mass is 10.2. The van der Waals surface area contributed by atoms with Crippen LogP contribution < -0.4 is 15.4 Å². The van der Waals surface area contributed by atoms with Crippen LogP contribution >= 0.6 is 11.6 Å². The van der Waals surface area contributed by atoms with Gasteiger partial charge >= 0.3 is 0 Å². The first kappa shape index (κ1) is 19.3. The molecule has 3 rings (SSSR count). The fraction of sp³-hybridized carbons (Fsp3) is 0.0500. The van der Waals surface area contributed by atoms with Gasteiger partial charge in [0.2, 0.25) is 0 Å². The summed E-state index contributed by atoms with van der Waals surface area (Å²) in [6.07, 6.45) is 1.36. The fourth-order valence-electron chi connectivity index (χ4n) is 2.34. The van der Waals surface area contributed by atoms with Crippen molar-refractivity contribution in [1.29, 1.82) is 0 Å². The third-order valence-corrected chi connectivity index (χ3v) is 4.07. The predicted octanol–water partition coefficient (Wildman–Crippen LogP) is 4.39. The SMILES string of the molecule is COc1ccc(NC(=O)c2ccnc(C(=O)Nc3ccc(F)c(Cl)c3)c2)cc1. The molecule has 8 heteroatoms. The second-order valence-corrected chi connectivity index (χ2v) is 6.10. The average Bonchev–Trinajstić information content (AvgIpc) is 2.71. The molecule has 0 saturated carbocycles. The second-order valence-electron chi connectivity index (χ2n) is 5.70. The van der Waals surface area contributed by atoms with Crippen molar-refractivity contribution in [3.8, 4) is 5.75 Å². The number of carbonyl (C=O) groups excluding carboxylic acids is 2. The lowest BCUT2D eigenvalue weighted by Crippen LogP contribution is -2.17. The number of hydrogen-bond acceptors (Lipinski definition) is 4. The smallest absolute Gasteiger partial charge is 0.274 e. The van der Waals surface area contributed by atoms with E-state index in [-0.39, 0.29) is 16.3 Å². The van der Waals surface area contributed by atoms with E-state index >= 15 is 0 Å². The van der Waals surface area contributed by atoms with Crippen molar-refractivity contribution in [2.45, 2.75) is 0 Å². The van der Waals surface area contributed by atoms with Crippen LogP contribution in [0.4, 0.5) is 15.8 Å². The molecule has 2 aromatic carbocycles. The van der Waals surface area contributed by atoms with Gasteiger partial charge in [-0.2, -0.15) is 0 Å². The number of halogens is 2. The van der Waals surface area contributed by atoms with Gasteiger partial charge in [0, 0.05) is 23.1 Å². The van der Waals surface area contributed by atoms with Crippen LogP contribution in [0.25, 0.3) is 0 Å². The number of hydrogen-bond donors (Lipinski definition) is 2. The first-order valence-electron chi connectivity index (χ1n) is 8.14. The van der Waals surface area contributed by atoms with Crippen molar-refractivity contribution in [2.24, 2.45) is 0 Å². The van der Waals surface area contributed by atoms with E-state index in [4.69, 9.17) is 16.3 Å². The topological polar surface area (TPSA) is 80.3 Å². The highest BCUT2D eigenvalue weighted by Gasteiger charge is 2.13. The maximum absolute atomic E-state index is 13.2. The van der Waals surface area contributed by atoms with Gasteiger partial charge in [-0.15, -0.1) is 0 Å². The molecule has 2 N–H and O–H groups in total. The molecule has 0 fully saturated rings. The molecule has 0 bridgehead atoms. The Morgan fingerprint density at radius 1 is 0.964 bits per heavy atom. The lowest BCUT2D eigenvalue weighted by Gasteiger charge is -2.08. The van der Waals surface area contributed by atoms with Crippen LogP contribution in [0.5, 0.6) is 5.75 Å². The number of benzene rings is 2. The number of rotatable bonds is 5. The number of ether oxygens (including phenoxy) is 1. The highest BCUT2D eigenvalue weighted by atomic mass is 35.5. The zero-order valence-corrected chi connectivity index (χ0v) is 15.5. The normalized spacial score (nSPS) is 10.2. The lowest BCUT2D eigenvalue weighted by molar-refractivity contribution is 0.102. The zero-order chi connectivity index (χ0) is 20.1. The summed E-state index contributed by atoms with van der Waals surface area (Å²) in [6.45, 7) is 0. The highest BCUT2D eigenvalue weighted by molar-refractivity contribution is 6.31. The Bertz CT molecular complexity index is 1030. The van der Waals surface area contributed by atoms with Gasteiger partial charge in [0.15, 0.2) is 0 Å². The Morgan fingerprint density at radius 3 is 2.32 bits per heavy atom. The van der Waals surface area contributed by atoms with Crippen LogP contribution in [0.1, 0.15) is 20.8 Å². The van der Waals surface area contributed by atoms with Crippen LogP contribution in [-0.2, 0) is 0 Å². The molecule has 6 nitrogen and oxygen atoms in total. The second kappa shape index (κ2) is 8.49. The molecule has 3 aromatic rings. The van der Waals surface area contributed by atoms with Gasteiger partial charge in [-0.1, -0.05) is 11.6 Å². The molecule has 0 unspecified atom stereocenters. The number of pyridine rings is 1. The van der Waals surface area contributed by atoms with Crippen LogP contribution in [-0.4, -0.2) is 23.9 Å². The van der Waals surface area contributed by atoms with E-state index in [2.05, 4.69) is 15.6 Å². The van der Waals surface area contributed by atoms with Crippen LogP contribution in [0.2, 0.25) is 5.02 Å². The van der Waals surface area contributed by atoms with E-state index in [9.17, 15) is 14.0 Å². The predicted molar refractivity (Wildman–Crippen MR) is 105 cm³/mol. The quantitative estimate of drug-likeness (QED) is 0.667. The Morgan fingerprint density at radius 2 is 1.64 bits per heavy atom. The van der Waals surface area contributed by atoms with Gasteiger partial charge in [0.25, 0.3) is 11.8 Å². The van der Waals surface area contributed by atoms with E-state index < -0.39 is 17.6 Å². The molecule has 0 radical (unpaired) electrons. The van der Waals surface area contributed by atoms with Crippen molar-refractivity contribution in [3.63, 3.8) is 0 Å². The van der Waals surface area contributed by atoms with Crippen LogP contribution in [0.3, 0.4) is 0 Å². The zero-order valence-electron chi connectivity index (χ0n) is 14.7. The van der Waals surface area contributed by atoms with E-state index in [0.29, 0.717) is 17.1 Å². The summed E-state index contributed by atoms with van der Waals surface area (Å²) >= 11 is 5.70. The standard InChI is InChI=1S/C20H15ClFN3O3/c1-28-15-5-2-13(3-6-15)24-19(26)12-8-9-23-18(10-12)20(27)25-14-4-7-17(22)16(21)11-14/h2-11H,1H3,(H,24,26)(H,25,27). The number of carbonyl (C=O) groups is 2. The fourth-order valence-corrected chi connectivity index (χ4v) is 2.52. The summed E-state index contributed by atoms with van der Waals surface area (Å²) in [7, 11) is 1.55. The summed E-state index contributed by atoms with van der Waals surface area (Å²) in [5.41, 5.74) is 1.18. The molecular formula is C20H15ClFN3O3. The van der Waals surface area contributed by atoms with E-state index in [0.717, 1.165) is 6.07 Å². The summed E-state index contributed by atoms with van der Waals surface area (Å²) in [6, 6.07) is 13.5. The molecule has 0 aliphatic heterocycles. The van der Waals surface area contributed by atoms with Crippen molar-refractivity contribution >= 4 is 34.8 Å². The van der Waals surface area contributed by atoms with Gasteiger partial charge < -0.3 is 15.4 Å². The highest BCUT2D eigenvalue weighted by Crippen LogP contribution is 2.20. The summed E-state index contributed by atoms with van der Waals surface area (Å²) in [5.74, 6) is -0.870. The molecule has 0 aliphatic carbocycles. The maximum Gasteiger partial charge on any atom is 0.274 e. The summed E-state index contributed by atoms with van der Waals surface area (Å²) in [5, 5.41) is 5.17. The molecule has 142 valence electrons. The van der Waals surface area contributed by atoms with Crippen LogP contribution in [0.15, 0.2) is 60.8 Å². The van der Waals surface area contributed by atoms with E-state index in [1.807, 2.05) is 0 Å². The molecule has 0 aliphatic rings. The number of methoxy groups -OCH3 is 1. The van der Waals surface area contributed by atoms with Gasteiger partial charge in [-0.25, -0.2) is 4.39 Å². The van der Waals surface area contributed by atoms with E-state index in [1.54, 1.807) is 31.4 Å². The van der Waals surface area contributed by atoms with Crippen molar-refractivity contribution < 1.29 is 18.7 Å². The molecular weight excluding hydrogens is 385 g/mol. The Balaban J connectivity index is 1.72. The first-order valence-corrected chi connectivity index (χ1v) is 8.52. The largest absolute Gasteiger partial charge is 0.497 e. The molecule has 1 heterocycles. The van der Waals surface area contributed by atoms with Gasteiger partial charge in [-0.3, -0.25) is 14.6 Å². The number of nitrogens with zero attached hydrogens (tertiary/aromatic N) is 1. The monoisotopic (exact) mass is 399 g/mol. The minimum atomic E-state index is -0.588. The minimum absolute atomic E-state index is 0.0304. The third-order valence-electron chi connectivity index (χ3n) is 3.78. The van der Waals surface area contributed by atoms with Gasteiger partial charge in [0.05, 0.1) is 12.1 Å².